The molecule has 0 aromatic heterocycles. The molecule has 3 aromatic rings. The van der Waals surface area contributed by atoms with Gasteiger partial charge in [-0.25, -0.2) is 0 Å². The number of methoxy groups -OCH3 is 3. The summed E-state index contributed by atoms with van der Waals surface area (Å²) in [7, 11) is 4.90. The Balaban J connectivity index is 1.40. The van der Waals surface area contributed by atoms with E-state index in [-0.39, 0.29) is 23.4 Å². The predicted molar refractivity (Wildman–Crippen MR) is 151 cm³/mol. The van der Waals surface area contributed by atoms with Crippen molar-refractivity contribution >= 4 is 11.6 Å². The first-order valence-electron chi connectivity index (χ1n) is 13.6. The molecule has 0 radical (unpaired) electrons. The van der Waals surface area contributed by atoms with Gasteiger partial charge in [0.2, 0.25) is 0 Å². The van der Waals surface area contributed by atoms with Crippen LogP contribution in [0.15, 0.2) is 95.5 Å². The smallest absolute Gasteiger partial charge is 0.163 e. The average molecular weight is 537 g/mol. The summed E-state index contributed by atoms with van der Waals surface area (Å²) < 4.78 is 22.7. The molecule has 1 heterocycles. The van der Waals surface area contributed by atoms with Gasteiger partial charge in [0, 0.05) is 42.7 Å². The fourth-order valence-electron chi connectivity index (χ4n) is 6.30. The molecule has 0 bridgehead atoms. The second-order valence-corrected chi connectivity index (χ2v) is 10.6. The van der Waals surface area contributed by atoms with Gasteiger partial charge in [-0.3, -0.25) is 9.59 Å². The monoisotopic (exact) mass is 536 g/mol. The fourth-order valence-corrected chi connectivity index (χ4v) is 6.30. The summed E-state index contributed by atoms with van der Waals surface area (Å²) in [4.78, 5) is 27.7. The van der Waals surface area contributed by atoms with E-state index < -0.39 is 5.92 Å². The van der Waals surface area contributed by atoms with E-state index in [0.29, 0.717) is 54.1 Å². The van der Waals surface area contributed by atoms with E-state index in [1.54, 1.807) is 21.3 Å². The molecule has 6 nitrogen and oxygen atoms in total. The summed E-state index contributed by atoms with van der Waals surface area (Å²) in [6, 6.07) is 23.4. The molecular weight excluding hydrogens is 504 g/mol. The molecule has 0 N–H and O–H groups in total. The standard InChI is InChI=1S/C34H32O6/c1-37-25-11-7-20(8-12-25)23-16-28(35)33-30(18-23)40-31-19-24(21-9-13-26(38-2)14-10-21)17-29(36)34(31)32(33)22-5-4-6-27(15-22)39-3/h4-15,23-24,32H,16-19H2,1-3H3. The van der Waals surface area contributed by atoms with Crippen molar-refractivity contribution in [3.63, 3.8) is 0 Å². The second-order valence-electron chi connectivity index (χ2n) is 10.6. The highest BCUT2D eigenvalue weighted by atomic mass is 16.5. The third kappa shape index (κ3) is 4.68. The van der Waals surface area contributed by atoms with Crippen LogP contribution < -0.4 is 14.2 Å². The summed E-state index contributed by atoms with van der Waals surface area (Å²) in [6.45, 7) is 0. The Morgan fingerprint density at radius 3 is 1.50 bits per heavy atom. The van der Waals surface area contributed by atoms with Crippen LogP contribution in [0.3, 0.4) is 0 Å². The van der Waals surface area contributed by atoms with Crippen molar-refractivity contribution in [3.8, 4) is 17.2 Å². The lowest BCUT2D eigenvalue weighted by atomic mass is 9.69. The highest BCUT2D eigenvalue weighted by Gasteiger charge is 2.45. The molecule has 0 saturated heterocycles. The number of allylic oxidation sites excluding steroid dienone is 4. The highest BCUT2D eigenvalue weighted by Crippen LogP contribution is 2.52. The average Bonchev–Trinajstić information content (AvgIpc) is 3.00. The van der Waals surface area contributed by atoms with Crippen molar-refractivity contribution in [3.05, 3.63) is 112 Å². The molecule has 0 saturated carbocycles. The van der Waals surface area contributed by atoms with Crippen LogP contribution in [0.5, 0.6) is 17.2 Å². The Bertz CT molecular complexity index is 1420. The highest BCUT2D eigenvalue weighted by molar-refractivity contribution is 6.06. The van der Waals surface area contributed by atoms with Gasteiger partial charge in [0.05, 0.1) is 21.3 Å². The van der Waals surface area contributed by atoms with Gasteiger partial charge in [0.25, 0.3) is 0 Å². The Morgan fingerprint density at radius 2 is 1.05 bits per heavy atom. The van der Waals surface area contributed by atoms with E-state index in [4.69, 9.17) is 18.9 Å². The maximum atomic E-state index is 13.9. The molecule has 1 aliphatic heterocycles. The largest absolute Gasteiger partial charge is 0.497 e. The number of hydrogen-bond acceptors (Lipinski definition) is 6. The van der Waals surface area contributed by atoms with Crippen molar-refractivity contribution < 1.29 is 28.5 Å². The van der Waals surface area contributed by atoms with Gasteiger partial charge in [-0.2, -0.15) is 0 Å². The SMILES string of the molecule is COc1ccc(C2CC(=O)C3=C(C2)OC2=C(C(=O)CC(c4ccc(OC)cc4)C2)C3c2cccc(OC)c2)cc1. The van der Waals surface area contributed by atoms with Crippen LogP contribution in [0.4, 0.5) is 0 Å². The number of rotatable bonds is 6. The van der Waals surface area contributed by atoms with Gasteiger partial charge in [-0.1, -0.05) is 36.4 Å². The Hall–Kier alpha value is -4.32. The Morgan fingerprint density at radius 1 is 0.575 bits per heavy atom. The van der Waals surface area contributed by atoms with Crippen LogP contribution >= 0.6 is 0 Å². The summed E-state index contributed by atoms with van der Waals surface area (Å²) in [6.07, 6.45) is 1.90. The van der Waals surface area contributed by atoms with Crippen LogP contribution in [0.25, 0.3) is 0 Å². The lowest BCUT2D eigenvalue weighted by molar-refractivity contribution is -0.118. The molecule has 204 valence electrons. The zero-order valence-electron chi connectivity index (χ0n) is 22.9. The summed E-state index contributed by atoms with van der Waals surface area (Å²) in [5, 5.41) is 0. The number of carbonyl (C=O) groups is 2. The second kappa shape index (κ2) is 10.7. The van der Waals surface area contributed by atoms with Gasteiger partial charge >= 0.3 is 0 Å². The Labute approximate surface area is 234 Å². The molecule has 2 unspecified atom stereocenters. The third-order valence-electron chi connectivity index (χ3n) is 8.35. The molecule has 2 aliphatic carbocycles. The van der Waals surface area contributed by atoms with E-state index in [1.165, 1.54) is 0 Å². The first-order chi connectivity index (χ1) is 19.5. The molecule has 0 spiro atoms. The molecular formula is C34H32O6. The van der Waals surface area contributed by atoms with Crippen LogP contribution in [-0.2, 0) is 14.3 Å². The van der Waals surface area contributed by atoms with Crippen LogP contribution in [-0.4, -0.2) is 32.9 Å². The van der Waals surface area contributed by atoms with Crippen LogP contribution in [0.2, 0.25) is 0 Å². The lowest BCUT2D eigenvalue weighted by Gasteiger charge is -2.39. The van der Waals surface area contributed by atoms with Gasteiger partial charge < -0.3 is 18.9 Å². The quantitative estimate of drug-likeness (QED) is 0.352. The van der Waals surface area contributed by atoms with E-state index in [1.807, 2.05) is 72.8 Å². The van der Waals surface area contributed by atoms with Crippen molar-refractivity contribution in [1.82, 2.24) is 0 Å². The summed E-state index contributed by atoms with van der Waals surface area (Å²) in [5.74, 6) is 3.13. The Kier molecular flexibility index (Phi) is 6.93. The molecule has 0 amide bonds. The summed E-state index contributed by atoms with van der Waals surface area (Å²) in [5.41, 5.74) is 4.21. The zero-order valence-corrected chi connectivity index (χ0v) is 22.9. The van der Waals surface area contributed by atoms with Gasteiger partial charge in [0.1, 0.15) is 28.8 Å². The molecule has 3 aliphatic rings. The van der Waals surface area contributed by atoms with E-state index in [2.05, 4.69) is 0 Å². The molecule has 2 atom stereocenters. The van der Waals surface area contributed by atoms with Crippen molar-refractivity contribution in [2.24, 2.45) is 0 Å². The number of Topliss-reactive ketones (excluding diaryl/α,β-unsaturated/α-hetero) is 2. The summed E-state index contributed by atoms with van der Waals surface area (Å²) >= 11 is 0. The van der Waals surface area contributed by atoms with Crippen molar-refractivity contribution in [2.75, 3.05) is 21.3 Å². The maximum Gasteiger partial charge on any atom is 0.163 e. The topological polar surface area (TPSA) is 71.1 Å². The van der Waals surface area contributed by atoms with Gasteiger partial charge in [0.15, 0.2) is 11.6 Å². The minimum atomic E-state index is -0.470. The van der Waals surface area contributed by atoms with Gasteiger partial charge in [-0.15, -0.1) is 0 Å². The number of benzene rings is 3. The normalized spacial score (nSPS) is 22.3. The maximum absolute atomic E-state index is 13.9. The van der Waals surface area contributed by atoms with E-state index >= 15 is 0 Å². The van der Waals surface area contributed by atoms with Crippen LogP contribution in [0.1, 0.15) is 60.1 Å². The number of hydrogen-bond donors (Lipinski definition) is 0. The third-order valence-corrected chi connectivity index (χ3v) is 8.35. The number of carbonyl (C=O) groups excluding carboxylic acids is 2. The minimum absolute atomic E-state index is 0.0121. The number of ether oxygens (including phenoxy) is 4. The molecule has 6 heteroatoms. The van der Waals surface area contributed by atoms with Gasteiger partial charge in [-0.05, 0) is 64.9 Å². The lowest BCUT2D eigenvalue weighted by Crippen LogP contribution is -2.33. The number of ketones is 2. The van der Waals surface area contributed by atoms with E-state index in [9.17, 15) is 9.59 Å². The van der Waals surface area contributed by atoms with Crippen molar-refractivity contribution in [1.29, 1.82) is 0 Å². The van der Waals surface area contributed by atoms with Crippen LogP contribution in [0, 0.1) is 0 Å². The molecule has 0 fully saturated rings. The zero-order chi connectivity index (χ0) is 27.8. The molecule has 6 rings (SSSR count). The molecule has 40 heavy (non-hydrogen) atoms. The predicted octanol–water partition coefficient (Wildman–Crippen LogP) is 6.63. The van der Waals surface area contributed by atoms with E-state index in [0.717, 1.165) is 28.2 Å². The fraction of sp³-hybridized carbons (Fsp3) is 0.294. The van der Waals surface area contributed by atoms with Crippen molar-refractivity contribution in [2.45, 2.75) is 43.4 Å². The molecule has 3 aromatic carbocycles. The first-order valence-corrected chi connectivity index (χ1v) is 13.6. The minimum Gasteiger partial charge on any atom is -0.497 e. The first kappa shape index (κ1) is 25.9.